The monoisotopic (exact) mass is 267 g/mol. The Balaban J connectivity index is 2.94. The number of hydrogen-bond acceptors (Lipinski definition) is 4. The van der Waals surface area contributed by atoms with Gasteiger partial charge in [-0.2, -0.15) is 0 Å². The van der Waals surface area contributed by atoms with E-state index in [1.807, 2.05) is 6.92 Å². The molecule has 1 aromatic rings. The van der Waals surface area contributed by atoms with E-state index in [-0.39, 0.29) is 5.91 Å². The zero-order valence-corrected chi connectivity index (χ0v) is 12.1. The largest absolute Gasteiger partial charge is 0.467 e. The average molecular weight is 267 g/mol. The van der Waals surface area contributed by atoms with Crippen molar-refractivity contribution >= 4 is 11.9 Å². The molecule has 0 saturated heterocycles. The van der Waals surface area contributed by atoms with Gasteiger partial charge in [0, 0.05) is 0 Å². The van der Waals surface area contributed by atoms with Crippen molar-refractivity contribution in [1.29, 1.82) is 0 Å². The summed E-state index contributed by atoms with van der Waals surface area (Å²) in [6.07, 6.45) is 1.27. The summed E-state index contributed by atoms with van der Waals surface area (Å²) in [5.74, 6) is 0.438. The molecule has 0 aliphatic heterocycles. The van der Waals surface area contributed by atoms with Crippen molar-refractivity contribution in [3.8, 4) is 0 Å². The summed E-state index contributed by atoms with van der Waals surface area (Å²) in [4.78, 5) is 24.0. The summed E-state index contributed by atoms with van der Waals surface area (Å²) in [6, 6.07) is 1.66. The third kappa shape index (κ3) is 3.36. The molecule has 1 rings (SSSR count). The van der Waals surface area contributed by atoms with Crippen molar-refractivity contribution < 1.29 is 18.7 Å². The van der Waals surface area contributed by atoms with Crippen molar-refractivity contribution in [1.82, 2.24) is 5.32 Å². The van der Waals surface area contributed by atoms with Crippen LogP contribution in [0.15, 0.2) is 10.5 Å². The van der Waals surface area contributed by atoms with Gasteiger partial charge in [-0.25, -0.2) is 4.79 Å². The number of hydrogen-bond donors (Lipinski definition) is 1. The standard InChI is InChI=1S/C14H21NO4/c1-6-7-14(4,13(17)18-5)15-12(16)11-8-9(2)19-10(11)3/h8H,6-7H2,1-5H3,(H,15,16)/t14-/m0/s1. The number of carbonyl (C=O) groups is 2. The fourth-order valence-electron chi connectivity index (χ4n) is 2.12. The van der Waals surface area contributed by atoms with E-state index in [0.29, 0.717) is 23.5 Å². The number of amides is 1. The number of methoxy groups -OCH3 is 1. The van der Waals surface area contributed by atoms with Crippen molar-refractivity contribution in [3.63, 3.8) is 0 Å². The lowest BCUT2D eigenvalue weighted by Gasteiger charge is -2.27. The molecule has 0 aliphatic rings. The smallest absolute Gasteiger partial charge is 0.331 e. The summed E-state index contributed by atoms with van der Waals surface area (Å²) in [5.41, 5.74) is -0.568. The third-order valence-corrected chi connectivity index (χ3v) is 3.06. The van der Waals surface area contributed by atoms with E-state index in [0.717, 1.165) is 6.42 Å². The molecule has 1 N–H and O–H groups in total. The van der Waals surface area contributed by atoms with Crippen molar-refractivity contribution in [3.05, 3.63) is 23.2 Å². The predicted molar refractivity (Wildman–Crippen MR) is 71.0 cm³/mol. The molecule has 0 bridgehead atoms. The maximum atomic E-state index is 12.2. The molecule has 19 heavy (non-hydrogen) atoms. The lowest BCUT2D eigenvalue weighted by molar-refractivity contribution is -0.147. The van der Waals surface area contributed by atoms with Gasteiger partial charge in [0.05, 0.1) is 12.7 Å². The van der Waals surface area contributed by atoms with Crippen LogP contribution in [-0.2, 0) is 9.53 Å². The van der Waals surface area contributed by atoms with Crippen LogP contribution < -0.4 is 5.32 Å². The first-order valence-corrected chi connectivity index (χ1v) is 6.32. The molecule has 0 spiro atoms. The van der Waals surface area contributed by atoms with Crippen LogP contribution in [0.4, 0.5) is 0 Å². The van der Waals surface area contributed by atoms with E-state index >= 15 is 0 Å². The van der Waals surface area contributed by atoms with Crippen LogP contribution in [0.5, 0.6) is 0 Å². The molecule has 1 amide bonds. The Bertz CT molecular complexity index is 478. The highest BCUT2D eigenvalue weighted by Crippen LogP contribution is 2.18. The Morgan fingerprint density at radius 2 is 2.05 bits per heavy atom. The van der Waals surface area contributed by atoms with Crippen LogP contribution in [0.25, 0.3) is 0 Å². The van der Waals surface area contributed by atoms with Crippen LogP contribution in [0.3, 0.4) is 0 Å². The number of esters is 1. The molecule has 1 atom stereocenters. The highest BCUT2D eigenvalue weighted by Gasteiger charge is 2.35. The van der Waals surface area contributed by atoms with Gasteiger partial charge < -0.3 is 14.5 Å². The van der Waals surface area contributed by atoms with Crippen molar-refractivity contribution in [2.24, 2.45) is 0 Å². The third-order valence-electron chi connectivity index (χ3n) is 3.06. The van der Waals surface area contributed by atoms with Crippen LogP contribution >= 0.6 is 0 Å². The van der Waals surface area contributed by atoms with E-state index in [2.05, 4.69) is 5.32 Å². The number of rotatable bonds is 5. The lowest BCUT2D eigenvalue weighted by Crippen LogP contribution is -2.52. The van der Waals surface area contributed by atoms with Crippen LogP contribution in [0.1, 0.15) is 48.6 Å². The van der Waals surface area contributed by atoms with E-state index in [1.54, 1.807) is 26.8 Å². The van der Waals surface area contributed by atoms with Gasteiger partial charge in [0.15, 0.2) is 0 Å². The Morgan fingerprint density at radius 3 is 2.47 bits per heavy atom. The molecule has 1 heterocycles. The van der Waals surface area contributed by atoms with Gasteiger partial charge in [0.25, 0.3) is 5.91 Å². The van der Waals surface area contributed by atoms with Gasteiger partial charge in [-0.3, -0.25) is 4.79 Å². The Labute approximate surface area is 113 Å². The summed E-state index contributed by atoms with van der Waals surface area (Å²) in [5, 5.41) is 2.74. The Morgan fingerprint density at radius 1 is 1.42 bits per heavy atom. The van der Waals surface area contributed by atoms with Gasteiger partial charge in [-0.1, -0.05) is 13.3 Å². The quantitative estimate of drug-likeness (QED) is 0.831. The van der Waals surface area contributed by atoms with Gasteiger partial charge in [0.1, 0.15) is 17.1 Å². The van der Waals surface area contributed by atoms with Gasteiger partial charge in [-0.05, 0) is 33.3 Å². The summed E-state index contributed by atoms with van der Waals surface area (Å²) >= 11 is 0. The number of nitrogens with one attached hydrogen (secondary N) is 1. The van der Waals surface area contributed by atoms with E-state index < -0.39 is 11.5 Å². The molecule has 0 fully saturated rings. The molecule has 0 aromatic carbocycles. The van der Waals surface area contributed by atoms with Gasteiger partial charge >= 0.3 is 5.97 Å². The fourth-order valence-corrected chi connectivity index (χ4v) is 2.12. The topological polar surface area (TPSA) is 68.5 Å². The number of aryl methyl sites for hydroxylation is 2. The molecule has 0 aliphatic carbocycles. The van der Waals surface area contributed by atoms with E-state index in [9.17, 15) is 9.59 Å². The number of furan rings is 1. The lowest BCUT2D eigenvalue weighted by atomic mass is 9.95. The van der Waals surface area contributed by atoms with Crippen LogP contribution in [0, 0.1) is 13.8 Å². The molecular weight excluding hydrogens is 246 g/mol. The Hall–Kier alpha value is -1.78. The SMILES string of the molecule is CCC[C@](C)(NC(=O)c1cc(C)oc1C)C(=O)OC. The van der Waals surface area contributed by atoms with Crippen molar-refractivity contribution in [2.45, 2.75) is 46.1 Å². The first kappa shape index (κ1) is 15.3. The van der Waals surface area contributed by atoms with Gasteiger partial charge in [-0.15, -0.1) is 0 Å². The molecule has 5 nitrogen and oxygen atoms in total. The summed E-state index contributed by atoms with van der Waals surface area (Å²) in [7, 11) is 1.32. The molecule has 106 valence electrons. The Kier molecular flexibility index (Phi) is 4.75. The summed E-state index contributed by atoms with van der Waals surface area (Å²) < 4.78 is 10.1. The normalized spacial score (nSPS) is 13.7. The summed E-state index contributed by atoms with van der Waals surface area (Å²) in [6.45, 7) is 7.11. The van der Waals surface area contributed by atoms with Crippen LogP contribution in [0.2, 0.25) is 0 Å². The second-order valence-electron chi connectivity index (χ2n) is 4.85. The molecule has 0 saturated carbocycles. The highest BCUT2D eigenvalue weighted by atomic mass is 16.5. The predicted octanol–water partition coefficient (Wildman–Crippen LogP) is 2.36. The molecule has 0 unspecified atom stereocenters. The molecule has 5 heteroatoms. The highest BCUT2D eigenvalue weighted by molar-refractivity contribution is 5.98. The van der Waals surface area contributed by atoms with E-state index in [4.69, 9.17) is 9.15 Å². The maximum absolute atomic E-state index is 12.2. The number of carbonyl (C=O) groups excluding carboxylic acids is 2. The minimum atomic E-state index is -1.02. The fraction of sp³-hybridized carbons (Fsp3) is 0.571. The second-order valence-corrected chi connectivity index (χ2v) is 4.85. The molecule has 0 radical (unpaired) electrons. The first-order valence-electron chi connectivity index (χ1n) is 6.32. The molecule has 1 aromatic heterocycles. The number of ether oxygens (including phenoxy) is 1. The molecular formula is C14H21NO4. The van der Waals surface area contributed by atoms with E-state index in [1.165, 1.54) is 7.11 Å². The minimum absolute atomic E-state index is 0.323. The zero-order chi connectivity index (χ0) is 14.6. The second kappa shape index (κ2) is 5.91. The van der Waals surface area contributed by atoms with Gasteiger partial charge in [0.2, 0.25) is 0 Å². The van der Waals surface area contributed by atoms with Crippen molar-refractivity contribution in [2.75, 3.05) is 7.11 Å². The zero-order valence-electron chi connectivity index (χ0n) is 12.1. The average Bonchev–Trinajstić information content (AvgIpc) is 2.67. The minimum Gasteiger partial charge on any atom is -0.467 e. The first-order chi connectivity index (χ1) is 8.84. The maximum Gasteiger partial charge on any atom is 0.331 e. The van der Waals surface area contributed by atoms with Crippen LogP contribution in [-0.4, -0.2) is 24.5 Å².